The smallest absolute Gasteiger partial charge is 0.410 e. The quantitative estimate of drug-likeness (QED) is 0.376. The van der Waals surface area contributed by atoms with Crippen molar-refractivity contribution in [2.24, 2.45) is 5.41 Å². The van der Waals surface area contributed by atoms with Crippen LogP contribution in [0.25, 0.3) is 0 Å². The van der Waals surface area contributed by atoms with Gasteiger partial charge in [-0.05, 0) is 46.5 Å². The van der Waals surface area contributed by atoms with E-state index in [0.717, 1.165) is 25.5 Å². The maximum Gasteiger partial charge on any atom is 0.410 e. The van der Waals surface area contributed by atoms with Gasteiger partial charge in [-0.1, -0.05) is 0 Å². The molecule has 0 bridgehead atoms. The van der Waals surface area contributed by atoms with Crippen LogP contribution in [0.2, 0.25) is 0 Å². The molecule has 27 heavy (non-hydrogen) atoms. The van der Waals surface area contributed by atoms with E-state index in [1.54, 1.807) is 0 Å². The van der Waals surface area contributed by atoms with Crippen molar-refractivity contribution >= 4 is 17.5 Å². The molecule has 1 aliphatic heterocycles. The first-order valence-corrected chi connectivity index (χ1v) is 9.26. The third-order valence-corrected chi connectivity index (χ3v) is 6.09. The van der Waals surface area contributed by atoms with E-state index < -0.39 is 10.5 Å². The summed E-state index contributed by atoms with van der Waals surface area (Å²) in [5, 5.41) is 26.0. The van der Waals surface area contributed by atoms with Crippen molar-refractivity contribution in [2.45, 2.75) is 70.2 Å². The van der Waals surface area contributed by atoms with Gasteiger partial charge in [-0.15, -0.1) is 0 Å². The van der Waals surface area contributed by atoms with Crippen LogP contribution >= 0.6 is 0 Å². The lowest BCUT2D eigenvalue weighted by Crippen LogP contribution is -2.76. The van der Waals surface area contributed by atoms with Gasteiger partial charge in [0.15, 0.2) is 11.9 Å². The van der Waals surface area contributed by atoms with Gasteiger partial charge >= 0.3 is 11.8 Å². The summed E-state index contributed by atoms with van der Waals surface area (Å²) in [6.45, 7) is 5.55. The molecule has 9 nitrogen and oxygen atoms in total. The first kappa shape index (κ1) is 17.8. The fraction of sp³-hybridized carbons (Fsp3) is 0.667. The summed E-state index contributed by atoms with van der Waals surface area (Å²) in [6.07, 6.45) is 5.59. The maximum atomic E-state index is 12.6. The second-order valence-electron chi connectivity index (χ2n) is 8.83. The Morgan fingerprint density at radius 1 is 1.44 bits per heavy atom. The molecule has 1 N–H and O–H groups in total. The number of rotatable bonds is 3. The first-order valence-electron chi connectivity index (χ1n) is 9.26. The van der Waals surface area contributed by atoms with Crippen molar-refractivity contribution in [3.63, 3.8) is 0 Å². The van der Waals surface area contributed by atoms with Crippen LogP contribution in [0.1, 0.15) is 46.5 Å². The lowest BCUT2D eigenvalue weighted by Gasteiger charge is -2.67. The number of carbonyl (C=O) groups is 1. The van der Waals surface area contributed by atoms with Crippen molar-refractivity contribution in [3.8, 4) is 0 Å². The Balaban J connectivity index is 1.50. The molecule has 4 rings (SSSR count). The minimum atomic E-state index is -0.540. The summed E-state index contributed by atoms with van der Waals surface area (Å²) in [5.41, 5.74) is -0.347. The van der Waals surface area contributed by atoms with E-state index in [2.05, 4.69) is 5.32 Å². The zero-order valence-electron chi connectivity index (χ0n) is 15.7. The zero-order chi connectivity index (χ0) is 19.6. The number of amides is 1. The van der Waals surface area contributed by atoms with Gasteiger partial charge in [0.05, 0.1) is 11.0 Å². The number of hydrogen-bond acceptors (Lipinski definition) is 6. The summed E-state index contributed by atoms with van der Waals surface area (Å²) >= 11 is 0. The first-order chi connectivity index (χ1) is 12.6. The van der Waals surface area contributed by atoms with Crippen molar-refractivity contribution in [1.82, 2.24) is 4.90 Å². The highest BCUT2D eigenvalue weighted by Gasteiger charge is 2.71. The molecule has 2 saturated carbocycles. The van der Waals surface area contributed by atoms with Crippen LogP contribution in [0.4, 0.5) is 16.2 Å². The van der Waals surface area contributed by atoms with E-state index >= 15 is 0 Å². The lowest BCUT2D eigenvalue weighted by molar-refractivity contribution is -0.605. The van der Waals surface area contributed by atoms with Crippen molar-refractivity contribution in [1.29, 1.82) is 0 Å². The second kappa shape index (κ2) is 5.71. The Hall–Kier alpha value is -2.58. The standard InChI is InChI=1S/C18H24N4O5/c1-17(2,3)27-16(23)21-14-4-6-18(14)9-11(8-15(18)21)19-12-10-20(24)7-5-13(12)22(25)26/h5,7,10-11,14-15,19H,4,6,8-9H2,1-3H3. The number of ether oxygens (including phenoxy) is 1. The molecule has 2 heterocycles. The predicted molar refractivity (Wildman–Crippen MR) is 96.0 cm³/mol. The molecule has 0 aromatic carbocycles. The Bertz CT molecular complexity index is 807. The number of nitrogens with zero attached hydrogens (tertiary/aromatic N) is 3. The summed E-state index contributed by atoms with van der Waals surface area (Å²) in [5.74, 6) is 0. The average Bonchev–Trinajstić information content (AvgIpc) is 2.87. The SMILES string of the molecule is CC(C)(C)OC(=O)N1C2CCC23CC(Nc2c[n+]([O-])ccc2[N+](=O)[O-])CC13. The van der Waals surface area contributed by atoms with Gasteiger partial charge in [0.1, 0.15) is 5.60 Å². The molecule has 1 aromatic rings. The molecule has 2 aliphatic carbocycles. The van der Waals surface area contributed by atoms with Gasteiger partial charge in [-0.2, -0.15) is 4.73 Å². The summed E-state index contributed by atoms with van der Waals surface area (Å²) in [7, 11) is 0. The van der Waals surface area contributed by atoms with Gasteiger partial charge < -0.3 is 20.2 Å². The number of likely N-dealkylation sites (tertiary alicyclic amines) is 1. The molecule has 1 spiro atoms. The molecule has 1 amide bonds. The number of nitro groups is 1. The molecule has 1 saturated heterocycles. The van der Waals surface area contributed by atoms with E-state index in [1.807, 2.05) is 25.7 Å². The number of hydrogen-bond donors (Lipinski definition) is 1. The molecule has 3 fully saturated rings. The summed E-state index contributed by atoms with van der Waals surface area (Å²) in [6, 6.07) is 1.47. The van der Waals surface area contributed by atoms with Crippen LogP contribution in [0.15, 0.2) is 18.5 Å². The number of nitrogens with one attached hydrogen (secondary N) is 1. The Labute approximate surface area is 157 Å². The largest absolute Gasteiger partial charge is 0.619 e. The number of pyridine rings is 1. The molecule has 4 atom stereocenters. The number of piperidine rings is 1. The summed E-state index contributed by atoms with van der Waals surface area (Å²) < 4.78 is 6.10. The zero-order valence-corrected chi connectivity index (χ0v) is 15.7. The third kappa shape index (κ3) is 2.76. The molecule has 146 valence electrons. The van der Waals surface area contributed by atoms with Crippen LogP contribution in [-0.2, 0) is 4.74 Å². The van der Waals surface area contributed by atoms with E-state index in [1.165, 1.54) is 12.3 Å². The predicted octanol–water partition coefficient (Wildman–Crippen LogP) is 2.57. The third-order valence-electron chi connectivity index (χ3n) is 6.09. The molecular weight excluding hydrogens is 352 g/mol. The Morgan fingerprint density at radius 2 is 2.19 bits per heavy atom. The minimum Gasteiger partial charge on any atom is -0.619 e. The van der Waals surface area contributed by atoms with Gasteiger partial charge in [0.25, 0.3) is 0 Å². The lowest BCUT2D eigenvalue weighted by atomic mass is 9.53. The van der Waals surface area contributed by atoms with Crippen molar-refractivity contribution in [3.05, 3.63) is 33.8 Å². The van der Waals surface area contributed by atoms with Crippen molar-refractivity contribution in [2.75, 3.05) is 5.32 Å². The molecule has 4 unspecified atom stereocenters. The van der Waals surface area contributed by atoms with Crippen LogP contribution in [0.5, 0.6) is 0 Å². The highest BCUT2D eigenvalue weighted by Crippen LogP contribution is 2.65. The molecule has 1 aromatic heterocycles. The molecule has 9 heteroatoms. The Kier molecular flexibility index (Phi) is 3.77. The fourth-order valence-electron chi connectivity index (χ4n) is 5.03. The number of carbonyl (C=O) groups excluding carboxylic acids is 1. The van der Waals surface area contributed by atoms with E-state index in [0.29, 0.717) is 11.2 Å². The minimum absolute atomic E-state index is 0.0219. The van der Waals surface area contributed by atoms with E-state index in [4.69, 9.17) is 4.74 Å². The van der Waals surface area contributed by atoms with Crippen LogP contribution < -0.4 is 10.0 Å². The fourth-order valence-corrected chi connectivity index (χ4v) is 5.03. The van der Waals surface area contributed by atoms with E-state index in [9.17, 15) is 20.1 Å². The van der Waals surface area contributed by atoms with E-state index in [-0.39, 0.29) is 41.0 Å². The van der Waals surface area contributed by atoms with Gasteiger partial charge in [0.2, 0.25) is 6.20 Å². The highest BCUT2D eigenvalue weighted by molar-refractivity contribution is 5.72. The van der Waals surface area contributed by atoms with Crippen LogP contribution in [-0.4, -0.2) is 39.6 Å². The normalized spacial score (nSPS) is 31.2. The number of aromatic nitrogens is 1. The molecule has 3 aliphatic rings. The Morgan fingerprint density at radius 3 is 2.78 bits per heavy atom. The molecule has 0 radical (unpaired) electrons. The van der Waals surface area contributed by atoms with Gasteiger partial charge in [-0.3, -0.25) is 10.1 Å². The van der Waals surface area contributed by atoms with Crippen LogP contribution in [0.3, 0.4) is 0 Å². The topological polar surface area (TPSA) is 112 Å². The van der Waals surface area contributed by atoms with Crippen LogP contribution in [0, 0.1) is 20.7 Å². The number of anilines is 1. The monoisotopic (exact) mass is 376 g/mol. The highest BCUT2D eigenvalue weighted by atomic mass is 16.6. The second-order valence-corrected chi connectivity index (χ2v) is 8.83. The average molecular weight is 376 g/mol. The van der Waals surface area contributed by atoms with Gasteiger partial charge in [0, 0.05) is 23.5 Å². The molecular formula is C18H24N4O5. The van der Waals surface area contributed by atoms with Crippen molar-refractivity contribution < 1.29 is 19.2 Å². The maximum absolute atomic E-state index is 12.6. The van der Waals surface area contributed by atoms with Gasteiger partial charge in [-0.25, -0.2) is 4.79 Å². The summed E-state index contributed by atoms with van der Waals surface area (Å²) in [4.78, 5) is 25.2.